The molecule has 3 nitrogen and oxygen atoms in total. The van der Waals surface area contributed by atoms with Gasteiger partial charge >= 0.3 is 0 Å². The van der Waals surface area contributed by atoms with E-state index in [4.69, 9.17) is 0 Å². The van der Waals surface area contributed by atoms with Crippen LogP contribution in [0.15, 0.2) is 0 Å². The van der Waals surface area contributed by atoms with E-state index in [2.05, 4.69) is 18.3 Å². The molecule has 0 spiro atoms. The highest BCUT2D eigenvalue weighted by Gasteiger charge is 2.42. The maximum atomic E-state index is 12.1. The van der Waals surface area contributed by atoms with Crippen LogP contribution in [0.5, 0.6) is 0 Å². The summed E-state index contributed by atoms with van der Waals surface area (Å²) < 4.78 is 0. The number of nitriles is 1. The van der Waals surface area contributed by atoms with Gasteiger partial charge in [0.25, 0.3) is 0 Å². The van der Waals surface area contributed by atoms with Gasteiger partial charge in [-0.2, -0.15) is 5.26 Å². The predicted octanol–water partition coefficient (Wildman–Crippen LogP) is 2.38. The van der Waals surface area contributed by atoms with Crippen LogP contribution < -0.4 is 5.32 Å². The van der Waals surface area contributed by atoms with Crippen molar-refractivity contribution in [3.05, 3.63) is 0 Å². The van der Waals surface area contributed by atoms with Gasteiger partial charge in [-0.25, -0.2) is 0 Å². The lowest BCUT2D eigenvalue weighted by Gasteiger charge is -2.29. The fourth-order valence-electron chi connectivity index (χ4n) is 2.40. The first-order valence-electron chi connectivity index (χ1n) is 6.30. The molecule has 16 heavy (non-hydrogen) atoms. The van der Waals surface area contributed by atoms with E-state index in [1.165, 1.54) is 12.8 Å². The van der Waals surface area contributed by atoms with Crippen LogP contribution in [0.1, 0.15) is 51.9 Å². The van der Waals surface area contributed by atoms with Gasteiger partial charge in [0.1, 0.15) is 5.41 Å². The van der Waals surface area contributed by atoms with Gasteiger partial charge < -0.3 is 5.32 Å². The highest BCUT2D eigenvalue weighted by Crippen LogP contribution is 2.44. The van der Waals surface area contributed by atoms with E-state index >= 15 is 0 Å². The van der Waals surface area contributed by atoms with Crippen LogP contribution in [0.25, 0.3) is 0 Å². The van der Waals surface area contributed by atoms with Crippen molar-refractivity contribution >= 4 is 5.91 Å². The Balaban J connectivity index is 1.92. The number of hydrogen-bond acceptors (Lipinski definition) is 2. The summed E-state index contributed by atoms with van der Waals surface area (Å²) in [6.07, 6.45) is 7.07. The van der Waals surface area contributed by atoms with Crippen molar-refractivity contribution in [1.82, 2.24) is 5.32 Å². The molecule has 0 heterocycles. The second-order valence-corrected chi connectivity index (χ2v) is 5.75. The summed E-state index contributed by atoms with van der Waals surface area (Å²) in [5, 5.41) is 12.2. The van der Waals surface area contributed by atoms with E-state index in [-0.39, 0.29) is 5.91 Å². The quantitative estimate of drug-likeness (QED) is 0.794. The van der Waals surface area contributed by atoms with Crippen LogP contribution in [-0.2, 0) is 4.79 Å². The summed E-state index contributed by atoms with van der Waals surface area (Å²) in [5.74, 6) is -0.0252. The fraction of sp³-hybridized carbons (Fsp3) is 0.846. The van der Waals surface area contributed by atoms with E-state index in [1.54, 1.807) is 0 Å². The van der Waals surface area contributed by atoms with Crippen LogP contribution in [0.2, 0.25) is 0 Å². The molecule has 0 aromatic heterocycles. The lowest BCUT2D eigenvalue weighted by atomic mass is 9.74. The van der Waals surface area contributed by atoms with Gasteiger partial charge in [-0.3, -0.25) is 4.79 Å². The molecular weight excluding hydrogens is 200 g/mol. The summed E-state index contributed by atoms with van der Waals surface area (Å²) in [6.45, 7) is 2.93. The highest BCUT2D eigenvalue weighted by atomic mass is 16.2. The summed E-state index contributed by atoms with van der Waals surface area (Å²) in [5.41, 5.74) is -0.398. The van der Waals surface area contributed by atoms with E-state index < -0.39 is 5.41 Å². The molecule has 1 N–H and O–H groups in total. The molecule has 2 aliphatic rings. The third-order valence-corrected chi connectivity index (χ3v) is 4.14. The van der Waals surface area contributed by atoms with E-state index in [0.29, 0.717) is 5.41 Å². The van der Waals surface area contributed by atoms with Crippen LogP contribution in [0.4, 0.5) is 0 Å². The van der Waals surface area contributed by atoms with E-state index in [0.717, 1.165) is 38.6 Å². The third kappa shape index (κ3) is 2.21. The number of amides is 1. The Labute approximate surface area is 97.2 Å². The Morgan fingerprint density at radius 3 is 2.38 bits per heavy atom. The van der Waals surface area contributed by atoms with Crippen LogP contribution >= 0.6 is 0 Å². The number of carbonyl (C=O) groups is 1. The van der Waals surface area contributed by atoms with Gasteiger partial charge in [-0.1, -0.05) is 26.2 Å². The Kier molecular flexibility index (Phi) is 2.92. The smallest absolute Gasteiger partial charge is 0.240 e. The molecule has 0 radical (unpaired) electrons. The molecule has 2 aliphatic carbocycles. The Morgan fingerprint density at radius 2 is 1.88 bits per heavy atom. The molecule has 2 fully saturated rings. The second kappa shape index (κ2) is 4.08. The first kappa shape index (κ1) is 11.4. The van der Waals surface area contributed by atoms with Crippen LogP contribution in [0.3, 0.4) is 0 Å². The number of nitrogens with zero attached hydrogens (tertiary/aromatic N) is 1. The molecule has 0 bridgehead atoms. The lowest BCUT2D eigenvalue weighted by Crippen LogP contribution is -2.43. The zero-order valence-electron chi connectivity index (χ0n) is 10.0. The first-order valence-corrected chi connectivity index (χ1v) is 6.30. The molecule has 88 valence electrons. The predicted molar refractivity (Wildman–Crippen MR) is 61.5 cm³/mol. The molecule has 0 aliphatic heterocycles. The Hall–Kier alpha value is -1.04. The molecule has 0 unspecified atom stereocenters. The maximum absolute atomic E-state index is 12.1. The Bertz CT molecular complexity index is 319. The molecular formula is C13H20N2O. The minimum Gasteiger partial charge on any atom is -0.354 e. The van der Waals surface area contributed by atoms with Gasteiger partial charge in [0.2, 0.25) is 5.91 Å². The molecule has 2 rings (SSSR count). The van der Waals surface area contributed by atoms with E-state index in [9.17, 15) is 10.1 Å². The number of rotatable bonds is 3. The summed E-state index contributed by atoms with van der Waals surface area (Å²) >= 11 is 0. The lowest BCUT2D eigenvalue weighted by molar-refractivity contribution is -0.129. The fourth-order valence-corrected chi connectivity index (χ4v) is 2.40. The van der Waals surface area contributed by atoms with Crippen molar-refractivity contribution in [3.63, 3.8) is 0 Å². The molecule has 0 saturated heterocycles. The highest BCUT2D eigenvalue weighted by molar-refractivity contribution is 5.85. The minimum absolute atomic E-state index is 0.0252. The first-order chi connectivity index (χ1) is 7.60. The Morgan fingerprint density at radius 1 is 1.25 bits per heavy atom. The van der Waals surface area contributed by atoms with Gasteiger partial charge in [0.05, 0.1) is 6.07 Å². The van der Waals surface area contributed by atoms with Gasteiger partial charge in [0, 0.05) is 6.54 Å². The normalized spacial score (nSPS) is 25.5. The van der Waals surface area contributed by atoms with Crippen LogP contribution in [0, 0.1) is 22.2 Å². The zero-order chi connectivity index (χ0) is 11.6. The van der Waals surface area contributed by atoms with Crippen molar-refractivity contribution in [2.75, 3.05) is 6.54 Å². The summed E-state index contributed by atoms with van der Waals surface area (Å²) in [4.78, 5) is 12.1. The van der Waals surface area contributed by atoms with Gasteiger partial charge in [0.15, 0.2) is 0 Å². The van der Waals surface area contributed by atoms with Gasteiger partial charge in [-0.05, 0) is 31.1 Å². The molecule has 2 saturated carbocycles. The van der Waals surface area contributed by atoms with Gasteiger partial charge in [-0.15, -0.1) is 0 Å². The topological polar surface area (TPSA) is 52.9 Å². The van der Waals surface area contributed by atoms with Crippen molar-refractivity contribution in [3.8, 4) is 6.07 Å². The second-order valence-electron chi connectivity index (χ2n) is 5.75. The largest absolute Gasteiger partial charge is 0.354 e. The zero-order valence-corrected chi connectivity index (χ0v) is 10.0. The SMILES string of the molecule is CC1(CNC(=O)C2(C#N)CCCCC2)CC1. The molecule has 1 amide bonds. The number of carbonyl (C=O) groups excluding carboxylic acids is 1. The summed E-state index contributed by atoms with van der Waals surface area (Å²) in [7, 11) is 0. The van der Waals surface area contributed by atoms with Crippen molar-refractivity contribution in [2.45, 2.75) is 51.9 Å². The summed E-state index contributed by atoms with van der Waals surface area (Å²) in [6, 6.07) is 2.26. The maximum Gasteiger partial charge on any atom is 0.240 e. The molecule has 0 aromatic rings. The van der Waals surface area contributed by atoms with Crippen molar-refractivity contribution < 1.29 is 4.79 Å². The average Bonchev–Trinajstić information content (AvgIpc) is 3.06. The van der Waals surface area contributed by atoms with E-state index in [1.807, 2.05) is 0 Å². The number of nitrogens with one attached hydrogen (secondary N) is 1. The third-order valence-electron chi connectivity index (χ3n) is 4.14. The molecule has 0 aromatic carbocycles. The van der Waals surface area contributed by atoms with Crippen molar-refractivity contribution in [1.29, 1.82) is 5.26 Å². The van der Waals surface area contributed by atoms with Crippen molar-refractivity contribution in [2.24, 2.45) is 10.8 Å². The average molecular weight is 220 g/mol. The van der Waals surface area contributed by atoms with Crippen LogP contribution in [-0.4, -0.2) is 12.5 Å². The molecule has 3 heteroatoms. The minimum atomic E-state index is -0.719. The monoisotopic (exact) mass is 220 g/mol. The molecule has 0 atom stereocenters. The number of hydrogen-bond donors (Lipinski definition) is 1. The standard InChI is InChI=1S/C13H20N2O/c1-12(7-8-12)10-15-11(16)13(9-14)5-3-2-4-6-13/h2-8,10H2,1H3,(H,15,16).